The number of pyridine rings is 1. The largest absolute Gasteiger partial charge is 0.476 e. The van der Waals surface area contributed by atoms with Crippen LogP contribution in [0.15, 0.2) is 41.3 Å². The second-order valence-corrected chi connectivity index (χ2v) is 7.23. The quantitative estimate of drug-likeness (QED) is 0.787. The van der Waals surface area contributed by atoms with Crippen LogP contribution in [0.5, 0.6) is 5.88 Å². The Morgan fingerprint density at radius 2 is 2.19 bits per heavy atom. The first-order chi connectivity index (χ1) is 12.8. The summed E-state index contributed by atoms with van der Waals surface area (Å²) < 4.78 is 30.5. The molecule has 0 N–H and O–H groups in total. The van der Waals surface area contributed by atoms with Gasteiger partial charge in [-0.25, -0.2) is 9.37 Å². The van der Waals surface area contributed by atoms with Crippen molar-refractivity contribution in [2.24, 2.45) is 5.92 Å². The normalized spacial score (nSPS) is 22.7. The maximum Gasteiger partial charge on any atom is 0.250 e. The molecule has 0 amide bonds. The lowest BCUT2D eigenvalue weighted by atomic mass is 9.78. The van der Waals surface area contributed by atoms with E-state index in [1.54, 1.807) is 18.5 Å². The highest BCUT2D eigenvalue weighted by molar-refractivity contribution is 5.12. The van der Waals surface area contributed by atoms with E-state index in [0.717, 1.165) is 51.9 Å². The maximum absolute atomic E-state index is 13.6. The summed E-state index contributed by atoms with van der Waals surface area (Å²) in [4.78, 5) is 6.40. The van der Waals surface area contributed by atoms with Crippen molar-refractivity contribution in [1.82, 2.24) is 9.88 Å². The van der Waals surface area contributed by atoms with Crippen LogP contribution in [-0.4, -0.2) is 41.8 Å². The van der Waals surface area contributed by atoms with Gasteiger partial charge in [-0.3, -0.25) is 4.90 Å². The third-order valence-corrected chi connectivity index (χ3v) is 5.72. The van der Waals surface area contributed by atoms with Crippen LogP contribution in [0.2, 0.25) is 0 Å². The van der Waals surface area contributed by atoms with E-state index in [2.05, 4.69) is 9.88 Å². The molecule has 2 aliphatic rings. The summed E-state index contributed by atoms with van der Waals surface area (Å²) in [5.41, 5.74) is 1.18. The molecule has 0 aliphatic carbocycles. The maximum atomic E-state index is 13.6. The molecular weight excluding hydrogens is 335 g/mol. The highest BCUT2D eigenvalue weighted by Gasteiger charge is 2.45. The van der Waals surface area contributed by atoms with Gasteiger partial charge in [0.1, 0.15) is 0 Å². The van der Waals surface area contributed by atoms with Crippen molar-refractivity contribution >= 4 is 0 Å². The molecular formula is C20H25FN2O3. The molecule has 0 aromatic carbocycles. The third kappa shape index (κ3) is 3.76. The van der Waals surface area contributed by atoms with Gasteiger partial charge in [-0.1, -0.05) is 0 Å². The summed E-state index contributed by atoms with van der Waals surface area (Å²) in [5, 5.41) is 0. The van der Waals surface area contributed by atoms with Gasteiger partial charge in [0.15, 0.2) is 5.82 Å². The Hall–Kier alpha value is -1.92. The summed E-state index contributed by atoms with van der Waals surface area (Å²) in [7, 11) is 0. The molecule has 4 rings (SSSR count). The average Bonchev–Trinajstić information content (AvgIpc) is 3.29. The van der Waals surface area contributed by atoms with E-state index in [1.165, 1.54) is 11.6 Å². The van der Waals surface area contributed by atoms with Crippen molar-refractivity contribution in [3.8, 4) is 5.88 Å². The van der Waals surface area contributed by atoms with Gasteiger partial charge < -0.3 is 13.9 Å². The molecule has 2 aliphatic heterocycles. The number of likely N-dealkylation sites (tertiary alicyclic amines) is 1. The minimum atomic E-state index is -0.405. The topological polar surface area (TPSA) is 47.7 Å². The fourth-order valence-electron chi connectivity index (χ4n) is 4.25. The van der Waals surface area contributed by atoms with Crippen molar-refractivity contribution in [3.05, 3.63) is 48.3 Å². The van der Waals surface area contributed by atoms with Gasteiger partial charge in [-0.2, -0.15) is 0 Å². The number of hydrogen-bond donors (Lipinski definition) is 0. The molecule has 0 bridgehead atoms. The van der Waals surface area contributed by atoms with Crippen molar-refractivity contribution in [2.45, 2.75) is 37.8 Å². The summed E-state index contributed by atoms with van der Waals surface area (Å²) in [5.74, 6) is 0.151. The highest BCUT2D eigenvalue weighted by atomic mass is 19.1. The van der Waals surface area contributed by atoms with Gasteiger partial charge in [0, 0.05) is 38.0 Å². The molecule has 2 saturated heterocycles. The lowest BCUT2D eigenvalue weighted by molar-refractivity contribution is -0.0709. The van der Waals surface area contributed by atoms with E-state index < -0.39 is 5.82 Å². The Kier molecular flexibility index (Phi) is 5.22. The average molecular weight is 360 g/mol. The minimum Gasteiger partial charge on any atom is -0.476 e. The smallest absolute Gasteiger partial charge is 0.250 e. The first-order valence-electron chi connectivity index (χ1n) is 9.36. The third-order valence-electron chi connectivity index (χ3n) is 5.72. The molecule has 4 heterocycles. The van der Waals surface area contributed by atoms with Crippen molar-refractivity contribution in [3.63, 3.8) is 0 Å². The van der Waals surface area contributed by atoms with Crippen molar-refractivity contribution < 1.29 is 18.3 Å². The predicted octanol–water partition coefficient (Wildman–Crippen LogP) is 3.65. The zero-order chi connectivity index (χ0) is 17.8. The fourth-order valence-corrected chi connectivity index (χ4v) is 4.25. The Bertz CT molecular complexity index is 699. The van der Waals surface area contributed by atoms with Crippen LogP contribution in [0.3, 0.4) is 0 Å². The molecule has 2 fully saturated rings. The first kappa shape index (κ1) is 17.5. The van der Waals surface area contributed by atoms with Crippen LogP contribution in [-0.2, 0) is 11.3 Å². The second-order valence-electron chi connectivity index (χ2n) is 7.23. The number of piperidine rings is 1. The number of rotatable bonds is 6. The first-order valence-corrected chi connectivity index (χ1v) is 9.36. The Labute approximate surface area is 153 Å². The zero-order valence-corrected chi connectivity index (χ0v) is 14.9. The number of furan rings is 1. The molecule has 2 aromatic rings. The van der Waals surface area contributed by atoms with Crippen LogP contribution in [0.25, 0.3) is 0 Å². The molecule has 5 nitrogen and oxygen atoms in total. The summed E-state index contributed by atoms with van der Waals surface area (Å²) in [6, 6.07) is 4.96. The van der Waals surface area contributed by atoms with E-state index in [-0.39, 0.29) is 11.5 Å². The van der Waals surface area contributed by atoms with E-state index in [0.29, 0.717) is 12.5 Å². The van der Waals surface area contributed by atoms with Gasteiger partial charge in [0.05, 0.1) is 24.7 Å². The number of halogens is 1. The van der Waals surface area contributed by atoms with Gasteiger partial charge in [-0.15, -0.1) is 0 Å². The summed E-state index contributed by atoms with van der Waals surface area (Å²) in [6.07, 6.45) is 9.08. The lowest BCUT2D eigenvalue weighted by Crippen LogP contribution is -2.47. The molecule has 2 aromatic heterocycles. The molecule has 1 spiro atoms. The Morgan fingerprint density at radius 3 is 2.96 bits per heavy atom. The van der Waals surface area contributed by atoms with Crippen LogP contribution < -0.4 is 4.74 Å². The fraction of sp³-hybridized carbons (Fsp3) is 0.550. The van der Waals surface area contributed by atoms with Crippen LogP contribution in [0.4, 0.5) is 4.39 Å². The minimum absolute atomic E-state index is 0.0427. The number of nitrogens with zero attached hydrogens (tertiary/aromatic N) is 2. The molecule has 26 heavy (non-hydrogen) atoms. The molecule has 0 radical (unpaired) electrons. The Morgan fingerprint density at radius 1 is 1.31 bits per heavy atom. The SMILES string of the molecule is Fc1cccnc1OCCC1CCOC12CCN(Cc1ccoc1)CC2. The summed E-state index contributed by atoms with van der Waals surface area (Å²) in [6.45, 7) is 4.26. The molecule has 0 saturated carbocycles. The van der Waals surface area contributed by atoms with Crippen LogP contribution in [0, 0.1) is 11.7 Å². The molecule has 1 unspecified atom stereocenters. The van der Waals surface area contributed by atoms with Crippen LogP contribution in [0.1, 0.15) is 31.2 Å². The van der Waals surface area contributed by atoms with Crippen LogP contribution >= 0.6 is 0 Å². The number of hydrogen-bond acceptors (Lipinski definition) is 5. The molecule has 140 valence electrons. The number of ether oxygens (including phenoxy) is 2. The standard InChI is InChI=1S/C20H25FN2O3/c21-18-2-1-8-22-19(18)25-12-4-17-5-13-26-20(17)6-9-23(10-7-20)14-16-3-11-24-15-16/h1-3,8,11,15,17H,4-7,9-10,12-14H2. The van der Waals surface area contributed by atoms with Gasteiger partial charge in [0.25, 0.3) is 0 Å². The van der Waals surface area contributed by atoms with E-state index >= 15 is 0 Å². The zero-order valence-electron chi connectivity index (χ0n) is 14.9. The Balaban J connectivity index is 1.28. The molecule has 1 atom stereocenters. The lowest BCUT2D eigenvalue weighted by Gasteiger charge is -2.42. The predicted molar refractivity (Wildman–Crippen MR) is 94.3 cm³/mol. The number of aromatic nitrogens is 1. The van der Waals surface area contributed by atoms with E-state index in [1.807, 2.05) is 12.3 Å². The van der Waals surface area contributed by atoms with Gasteiger partial charge in [-0.05, 0) is 49.8 Å². The van der Waals surface area contributed by atoms with E-state index in [9.17, 15) is 4.39 Å². The molecule has 6 heteroatoms. The van der Waals surface area contributed by atoms with Gasteiger partial charge >= 0.3 is 0 Å². The van der Waals surface area contributed by atoms with Crippen molar-refractivity contribution in [2.75, 3.05) is 26.3 Å². The monoisotopic (exact) mass is 360 g/mol. The second kappa shape index (κ2) is 7.76. The summed E-state index contributed by atoms with van der Waals surface area (Å²) >= 11 is 0. The van der Waals surface area contributed by atoms with Crippen molar-refractivity contribution in [1.29, 1.82) is 0 Å². The highest BCUT2D eigenvalue weighted by Crippen LogP contribution is 2.42. The van der Waals surface area contributed by atoms with E-state index in [4.69, 9.17) is 13.9 Å². The van der Waals surface area contributed by atoms with Gasteiger partial charge in [0.2, 0.25) is 5.88 Å².